The summed E-state index contributed by atoms with van der Waals surface area (Å²) >= 11 is 6.06. The normalized spacial score (nSPS) is 16.6. The lowest BCUT2D eigenvalue weighted by molar-refractivity contribution is 0.0711. The van der Waals surface area contributed by atoms with Crippen LogP contribution in [0.2, 0.25) is 5.02 Å². The standard InChI is InChI=1S/C21H17ClN2O2/c1-14-5-2-6-15(11-14)19-13-18(20-9-4-10-26-20)23-24(19)21(25)16-7-3-8-17(22)12-16/h2-12,19H,13H2,1H3. The summed E-state index contributed by atoms with van der Waals surface area (Å²) in [5, 5.41) is 6.65. The lowest BCUT2D eigenvalue weighted by Gasteiger charge is -2.22. The molecule has 0 spiro atoms. The van der Waals surface area contributed by atoms with E-state index in [9.17, 15) is 4.79 Å². The molecule has 2 aromatic carbocycles. The second kappa shape index (κ2) is 6.81. The molecular formula is C21H17ClN2O2. The van der Waals surface area contributed by atoms with Gasteiger partial charge in [-0.3, -0.25) is 4.79 Å². The number of rotatable bonds is 3. The molecule has 0 saturated carbocycles. The number of nitrogens with zero attached hydrogens (tertiary/aromatic N) is 2. The van der Waals surface area contributed by atoms with E-state index in [1.807, 2.05) is 37.3 Å². The van der Waals surface area contributed by atoms with Crippen LogP contribution in [-0.2, 0) is 0 Å². The van der Waals surface area contributed by atoms with Crippen molar-refractivity contribution >= 4 is 23.2 Å². The van der Waals surface area contributed by atoms with E-state index in [4.69, 9.17) is 16.0 Å². The summed E-state index contributed by atoms with van der Waals surface area (Å²) in [5.74, 6) is 0.504. The molecule has 4 nitrogen and oxygen atoms in total. The molecule has 0 radical (unpaired) electrons. The van der Waals surface area contributed by atoms with Gasteiger partial charge in [-0.2, -0.15) is 5.10 Å². The van der Waals surface area contributed by atoms with Crippen LogP contribution in [0.4, 0.5) is 0 Å². The Morgan fingerprint density at radius 1 is 1.15 bits per heavy atom. The summed E-state index contributed by atoms with van der Waals surface area (Å²) in [7, 11) is 0. The van der Waals surface area contributed by atoms with Crippen molar-refractivity contribution in [2.24, 2.45) is 5.10 Å². The molecule has 4 rings (SSSR count). The van der Waals surface area contributed by atoms with Crippen molar-refractivity contribution in [3.05, 3.63) is 94.4 Å². The molecule has 1 aliphatic heterocycles. The first-order valence-electron chi connectivity index (χ1n) is 8.39. The van der Waals surface area contributed by atoms with Gasteiger partial charge in [0.15, 0.2) is 0 Å². The predicted molar refractivity (Wildman–Crippen MR) is 101 cm³/mol. The maximum atomic E-state index is 13.1. The summed E-state index contributed by atoms with van der Waals surface area (Å²) in [6.07, 6.45) is 2.21. The van der Waals surface area contributed by atoms with E-state index in [0.717, 1.165) is 16.8 Å². The van der Waals surface area contributed by atoms with Crippen LogP contribution in [0.25, 0.3) is 0 Å². The van der Waals surface area contributed by atoms with Crippen LogP contribution in [-0.4, -0.2) is 16.6 Å². The molecule has 1 aliphatic rings. The van der Waals surface area contributed by atoms with E-state index >= 15 is 0 Å². The largest absolute Gasteiger partial charge is 0.463 e. The molecule has 1 atom stereocenters. The van der Waals surface area contributed by atoms with Gasteiger partial charge >= 0.3 is 0 Å². The number of furan rings is 1. The van der Waals surface area contributed by atoms with E-state index in [-0.39, 0.29) is 11.9 Å². The number of benzene rings is 2. The molecular weight excluding hydrogens is 348 g/mol. The van der Waals surface area contributed by atoms with Crippen molar-refractivity contribution in [3.8, 4) is 0 Å². The second-order valence-corrected chi connectivity index (χ2v) is 6.75. The molecule has 0 aliphatic carbocycles. The zero-order valence-electron chi connectivity index (χ0n) is 14.2. The lowest BCUT2D eigenvalue weighted by Crippen LogP contribution is -2.27. The lowest BCUT2D eigenvalue weighted by atomic mass is 9.99. The van der Waals surface area contributed by atoms with Crippen LogP contribution in [0.3, 0.4) is 0 Å². The van der Waals surface area contributed by atoms with Crippen LogP contribution in [0.1, 0.15) is 39.7 Å². The third-order valence-electron chi connectivity index (χ3n) is 4.42. The number of hydrazone groups is 1. The number of halogens is 1. The Hall–Kier alpha value is -2.85. The number of amides is 1. The smallest absolute Gasteiger partial charge is 0.274 e. The van der Waals surface area contributed by atoms with Crippen LogP contribution in [0.15, 0.2) is 76.4 Å². The molecule has 0 saturated heterocycles. The average Bonchev–Trinajstić information content (AvgIpc) is 3.30. The Bertz CT molecular complexity index is 979. The Labute approximate surface area is 156 Å². The molecule has 1 unspecified atom stereocenters. The maximum Gasteiger partial charge on any atom is 0.274 e. The van der Waals surface area contributed by atoms with Crippen molar-refractivity contribution in [1.82, 2.24) is 5.01 Å². The summed E-state index contributed by atoms with van der Waals surface area (Å²) < 4.78 is 5.49. The highest BCUT2D eigenvalue weighted by Gasteiger charge is 2.34. The Morgan fingerprint density at radius 2 is 2.00 bits per heavy atom. The van der Waals surface area contributed by atoms with E-state index in [2.05, 4.69) is 11.2 Å². The van der Waals surface area contributed by atoms with Crippen LogP contribution in [0.5, 0.6) is 0 Å². The van der Waals surface area contributed by atoms with Gasteiger partial charge in [0.2, 0.25) is 0 Å². The maximum absolute atomic E-state index is 13.1. The summed E-state index contributed by atoms with van der Waals surface area (Å²) in [6, 6.07) is 18.6. The highest BCUT2D eigenvalue weighted by Crippen LogP contribution is 2.34. The van der Waals surface area contributed by atoms with E-state index in [1.54, 1.807) is 30.5 Å². The van der Waals surface area contributed by atoms with Gasteiger partial charge in [-0.1, -0.05) is 47.5 Å². The van der Waals surface area contributed by atoms with E-state index in [1.165, 1.54) is 5.01 Å². The van der Waals surface area contributed by atoms with Gasteiger partial charge in [0.05, 0.1) is 12.3 Å². The van der Waals surface area contributed by atoms with E-state index < -0.39 is 0 Å². The topological polar surface area (TPSA) is 45.8 Å². The fourth-order valence-corrected chi connectivity index (χ4v) is 3.37. The van der Waals surface area contributed by atoms with Gasteiger partial charge in [0.25, 0.3) is 5.91 Å². The fourth-order valence-electron chi connectivity index (χ4n) is 3.18. The third kappa shape index (κ3) is 3.16. The van der Waals surface area contributed by atoms with Gasteiger partial charge in [-0.15, -0.1) is 0 Å². The molecule has 0 N–H and O–H groups in total. The Morgan fingerprint density at radius 3 is 2.73 bits per heavy atom. The SMILES string of the molecule is Cc1cccc(C2CC(c3ccco3)=NN2C(=O)c2cccc(Cl)c2)c1. The summed E-state index contributed by atoms with van der Waals surface area (Å²) in [6.45, 7) is 2.04. The van der Waals surface area contributed by atoms with Crippen molar-refractivity contribution in [1.29, 1.82) is 0 Å². The first-order valence-corrected chi connectivity index (χ1v) is 8.76. The molecule has 5 heteroatoms. The van der Waals surface area contributed by atoms with Crippen LogP contribution in [0, 0.1) is 6.92 Å². The highest BCUT2D eigenvalue weighted by atomic mass is 35.5. The van der Waals surface area contributed by atoms with Gasteiger partial charge < -0.3 is 4.42 Å². The molecule has 0 bridgehead atoms. The minimum atomic E-state index is -0.180. The van der Waals surface area contributed by atoms with Crippen molar-refractivity contribution in [2.75, 3.05) is 0 Å². The zero-order chi connectivity index (χ0) is 18.1. The molecule has 0 fully saturated rings. The first-order chi connectivity index (χ1) is 12.6. The Balaban J connectivity index is 1.74. The number of carbonyl (C=O) groups is 1. The molecule has 1 amide bonds. The molecule has 3 aromatic rings. The molecule has 26 heavy (non-hydrogen) atoms. The minimum absolute atomic E-state index is 0.179. The van der Waals surface area contributed by atoms with Crippen molar-refractivity contribution < 1.29 is 9.21 Å². The molecule has 2 heterocycles. The summed E-state index contributed by atoms with van der Waals surface area (Å²) in [5.41, 5.74) is 3.46. The van der Waals surface area contributed by atoms with Crippen molar-refractivity contribution in [3.63, 3.8) is 0 Å². The number of aryl methyl sites for hydroxylation is 1. The molecule has 130 valence electrons. The third-order valence-corrected chi connectivity index (χ3v) is 4.66. The summed E-state index contributed by atoms with van der Waals surface area (Å²) in [4.78, 5) is 13.1. The predicted octanol–water partition coefficient (Wildman–Crippen LogP) is 5.23. The van der Waals surface area contributed by atoms with Gasteiger partial charge in [-0.25, -0.2) is 5.01 Å². The zero-order valence-corrected chi connectivity index (χ0v) is 15.0. The van der Waals surface area contributed by atoms with Crippen LogP contribution < -0.4 is 0 Å². The monoisotopic (exact) mass is 364 g/mol. The number of hydrogen-bond donors (Lipinski definition) is 0. The van der Waals surface area contributed by atoms with E-state index in [0.29, 0.717) is 22.8 Å². The first kappa shape index (κ1) is 16.6. The quantitative estimate of drug-likeness (QED) is 0.638. The second-order valence-electron chi connectivity index (χ2n) is 6.32. The fraction of sp³-hybridized carbons (Fsp3) is 0.143. The van der Waals surface area contributed by atoms with Gasteiger partial charge in [0.1, 0.15) is 11.5 Å². The average molecular weight is 365 g/mol. The Kier molecular flexibility index (Phi) is 4.35. The highest BCUT2D eigenvalue weighted by molar-refractivity contribution is 6.31. The van der Waals surface area contributed by atoms with Gasteiger partial charge in [-0.05, 0) is 42.8 Å². The number of carbonyl (C=O) groups excluding carboxylic acids is 1. The van der Waals surface area contributed by atoms with Gasteiger partial charge in [0, 0.05) is 17.0 Å². The number of hydrogen-bond acceptors (Lipinski definition) is 3. The van der Waals surface area contributed by atoms with Crippen LogP contribution >= 0.6 is 11.6 Å². The van der Waals surface area contributed by atoms with Crippen molar-refractivity contribution in [2.45, 2.75) is 19.4 Å². The minimum Gasteiger partial charge on any atom is -0.463 e. The molecule has 1 aromatic heterocycles.